The van der Waals surface area contributed by atoms with Gasteiger partial charge in [0.25, 0.3) is 0 Å². The Labute approximate surface area is 86.5 Å². The van der Waals surface area contributed by atoms with Gasteiger partial charge in [-0.1, -0.05) is 13.3 Å². The number of aromatic nitrogens is 1. The van der Waals surface area contributed by atoms with Gasteiger partial charge in [-0.25, -0.2) is 9.37 Å². The average Bonchev–Trinajstić information content (AvgIpc) is 2.57. The number of fused-ring (bicyclic) bond motifs is 1. The fraction of sp³-hybridized carbons (Fsp3) is 0.364. The second kappa shape index (κ2) is 3.88. The number of aromatic hydroxyl groups is 1. The highest BCUT2D eigenvalue weighted by atomic mass is 19.1. The van der Waals surface area contributed by atoms with Gasteiger partial charge >= 0.3 is 0 Å². The second-order valence-corrected chi connectivity index (χ2v) is 3.49. The molecule has 0 saturated carbocycles. The molecule has 0 bridgehead atoms. The second-order valence-electron chi connectivity index (χ2n) is 3.49. The zero-order valence-corrected chi connectivity index (χ0v) is 8.46. The van der Waals surface area contributed by atoms with Crippen LogP contribution >= 0.6 is 0 Å². The van der Waals surface area contributed by atoms with Gasteiger partial charge in [-0.3, -0.25) is 0 Å². The summed E-state index contributed by atoms with van der Waals surface area (Å²) in [4.78, 5) is 4.04. The normalized spacial score (nSPS) is 11.1. The molecular formula is C11H12FNO2. The third-order valence-electron chi connectivity index (χ3n) is 2.22. The topological polar surface area (TPSA) is 46.3 Å². The third-order valence-corrected chi connectivity index (χ3v) is 2.22. The van der Waals surface area contributed by atoms with Crippen LogP contribution in [0.25, 0.3) is 11.1 Å². The number of benzene rings is 1. The number of aryl methyl sites for hydroxylation is 1. The molecule has 0 saturated heterocycles. The van der Waals surface area contributed by atoms with E-state index in [2.05, 4.69) is 11.9 Å². The highest BCUT2D eigenvalue weighted by Crippen LogP contribution is 2.24. The zero-order valence-electron chi connectivity index (χ0n) is 8.46. The Kier molecular flexibility index (Phi) is 2.58. The number of phenolic OH excluding ortho intramolecular Hbond substituents is 1. The predicted molar refractivity (Wildman–Crippen MR) is 54.2 cm³/mol. The maximum Gasteiger partial charge on any atom is 0.195 e. The van der Waals surface area contributed by atoms with Gasteiger partial charge in [-0.05, 0) is 6.42 Å². The quantitative estimate of drug-likeness (QED) is 0.845. The molecule has 1 heterocycles. The molecule has 0 radical (unpaired) electrons. The van der Waals surface area contributed by atoms with Crippen molar-refractivity contribution in [2.24, 2.45) is 0 Å². The Morgan fingerprint density at radius 3 is 3.00 bits per heavy atom. The van der Waals surface area contributed by atoms with E-state index in [9.17, 15) is 4.39 Å². The lowest BCUT2D eigenvalue weighted by atomic mass is 10.2. The third kappa shape index (κ3) is 1.93. The minimum absolute atomic E-state index is 0.141. The number of hydrogen-bond donors (Lipinski definition) is 1. The van der Waals surface area contributed by atoms with Gasteiger partial charge in [0, 0.05) is 18.6 Å². The fourth-order valence-corrected chi connectivity index (χ4v) is 1.46. The van der Waals surface area contributed by atoms with Crippen molar-refractivity contribution in [3.8, 4) is 5.75 Å². The smallest absolute Gasteiger partial charge is 0.195 e. The summed E-state index contributed by atoms with van der Waals surface area (Å²) in [7, 11) is 0. The van der Waals surface area contributed by atoms with Gasteiger partial charge in [0.1, 0.15) is 11.3 Å². The van der Waals surface area contributed by atoms with Gasteiger partial charge in [0.05, 0.1) is 0 Å². The molecule has 80 valence electrons. The van der Waals surface area contributed by atoms with Crippen LogP contribution < -0.4 is 0 Å². The summed E-state index contributed by atoms with van der Waals surface area (Å²) in [6.45, 7) is 2.06. The van der Waals surface area contributed by atoms with Crippen molar-refractivity contribution < 1.29 is 13.9 Å². The maximum absolute atomic E-state index is 13.3. The standard InChI is InChI=1S/C11H12FNO2/c1-2-3-4-10-13-11-8(12)5-7(14)6-9(11)15-10/h5-6,14H,2-4H2,1H3. The molecule has 1 aromatic carbocycles. The van der Waals surface area contributed by atoms with Crippen LogP contribution in [0.3, 0.4) is 0 Å². The average molecular weight is 209 g/mol. The molecule has 0 atom stereocenters. The molecule has 3 nitrogen and oxygen atoms in total. The number of phenols is 1. The molecule has 1 N–H and O–H groups in total. The predicted octanol–water partition coefficient (Wildman–Crippen LogP) is 3.02. The molecule has 1 aromatic heterocycles. The van der Waals surface area contributed by atoms with Crippen molar-refractivity contribution in [2.75, 3.05) is 0 Å². The first-order valence-electron chi connectivity index (χ1n) is 4.98. The largest absolute Gasteiger partial charge is 0.508 e. The maximum atomic E-state index is 13.3. The molecule has 2 aromatic rings. The van der Waals surface area contributed by atoms with Gasteiger partial charge in [0.15, 0.2) is 17.3 Å². The van der Waals surface area contributed by atoms with Crippen molar-refractivity contribution in [2.45, 2.75) is 26.2 Å². The lowest BCUT2D eigenvalue weighted by Crippen LogP contribution is -1.83. The Balaban J connectivity index is 2.41. The Morgan fingerprint density at radius 1 is 1.47 bits per heavy atom. The first-order chi connectivity index (χ1) is 7.20. The number of rotatable bonds is 3. The van der Waals surface area contributed by atoms with Crippen molar-refractivity contribution in [3.05, 3.63) is 23.8 Å². The van der Waals surface area contributed by atoms with E-state index in [1.54, 1.807) is 0 Å². The van der Waals surface area contributed by atoms with Crippen LogP contribution in [0, 0.1) is 5.82 Å². The highest BCUT2D eigenvalue weighted by Gasteiger charge is 2.11. The Morgan fingerprint density at radius 2 is 2.27 bits per heavy atom. The SMILES string of the molecule is CCCCc1nc2c(F)cc(O)cc2o1. The van der Waals surface area contributed by atoms with Gasteiger partial charge < -0.3 is 9.52 Å². The molecule has 2 rings (SSSR count). The number of oxazole rings is 1. The lowest BCUT2D eigenvalue weighted by Gasteiger charge is -1.91. The summed E-state index contributed by atoms with van der Waals surface area (Å²) in [5.41, 5.74) is 0.498. The monoisotopic (exact) mass is 209 g/mol. The van der Waals surface area contributed by atoms with Crippen molar-refractivity contribution in [1.82, 2.24) is 4.98 Å². The molecule has 0 fully saturated rings. The Hall–Kier alpha value is -1.58. The van der Waals surface area contributed by atoms with Crippen LogP contribution in [0.1, 0.15) is 25.7 Å². The summed E-state index contributed by atoms with van der Waals surface area (Å²) in [6, 6.07) is 2.41. The van der Waals surface area contributed by atoms with E-state index in [0.29, 0.717) is 17.9 Å². The minimum atomic E-state index is -0.545. The van der Waals surface area contributed by atoms with Crippen molar-refractivity contribution in [1.29, 1.82) is 0 Å². The van der Waals surface area contributed by atoms with Crippen LogP contribution in [0.5, 0.6) is 5.75 Å². The minimum Gasteiger partial charge on any atom is -0.508 e. The van der Waals surface area contributed by atoms with Gasteiger partial charge in [-0.15, -0.1) is 0 Å². The molecule has 0 spiro atoms. The van der Waals surface area contributed by atoms with Crippen LogP contribution in [0.2, 0.25) is 0 Å². The first-order valence-corrected chi connectivity index (χ1v) is 4.98. The van der Waals surface area contributed by atoms with E-state index in [1.807, 2.05) is 0 Å². The van der Waals surface area contributed by atoms with Crippen molar-refractivity contribution >= 4 is 11.1 Å². The van der Waals surface area contributed by atoms with Crippen LogP contribution in [-0.4, -0.2) is 10.1 Å². The van der Waals surface area contributed by atoms with Crippen LogP contribution in [-0.2, 0) is 6.42 Å². The molecule has 0 aliphatic rings. The summed E-state index contributed by atoms with van der Waals surface area (Å²) in [5, 5.41) is 9.17. The van der Waals surface area contributed by atoms with Gasteiger partial charge in [-0.2, -0.15) is 0 Å². The number of hydrogen-bond acceptors (Lipinski definition) is 3. The van der Waals surface area contributed by atoms with E-state index >= 15 is 0 Å². The molecule has 4 heteroatoms. The van der Waals surface area contributed by atoms with E-state index in [0.717, 1.165) is 18.9 Å². The molecule has 0 unspecified atom stereocenters. The first kappa shape index (κ1) is 9.96. The van der Waals surface area contributed by atoms with Gasteiger partial charge in [0.2, 0.25) is 0 Å². The number of unbranched alkanes of at least 4 members (excludes halogenated alkanes) is 1. The highest BCUT2D eigenvalue weighted by molar-refractivity contribution is 5.75. The molecule has 15 heavy (non-hydrogen) atoms. The number of halogens is 1. The van der Waals surface area contributed by atoms with E-state index in [1.165, 1.54) is 6.07 Å². The molecule has 0 amide bonds. The summed E-state index contributed by atoms with van der Waals surface area (Å²) >= 11 is 0. The lowest BCUT2D eigenvalue weighted by molar-refractivity contribution is 0.467. The van der Waals surface area contributed by atoms with Crippen LogP contribution in [0.4, 0.5) is 4.39 Å². The summed E-state index contributed by atoms with van der Waals surface area (Å²) in [6.07, 6.45) is 2.69. The van der Waals surface area contributed by atoms with Crippen molar-refractivity contribution in [3.63, 3.8) is 0 Å². The van der Waals surface area contributed by atoms with E-state index in [-0.39, 0.29) is 11.3 Å². The molecule has 0 aliphatic heterocycles. The van der Waals surface area contributed by atoms with Crippen LogP contribution in [0.15, 0.2) is 16.5 Å². The Bertz CT molecular complexity index is 479. The molecule has 0 aliphatic carbocycles. The number of nitrogens with zero attached hydrogens (tertiary/aromatic N) is 1. The molecular weight excluding hydrogens is 197 g/mol. The van der Waals surface area contributed by atoms with E-state index in [4.69, 9.17) is 9.52 Å². The summed E-state index contributed by atoms with van der Waals surface area (Å²) < 4.78 is 18.6. The zero-order chi connectivity index (χ0) is 10.8. The summed E-state index contributed by atoms with van der Waals surface area (Å²) in [5.74, 6) is -0.161. The fourth-order valence-electron chi connectivity index (χ4n) is 1.46. The van der Waals surface area contributed by atoms with E-state index < -0.39 is 5.82 Å².